The maximum atomic E-state index is 12.0. The molecular weight excluding hydrogens is 278 g/mol. The number of nitrogens with one attached hydrogen (secondary N) is 1. The normalized spacial score (nSPS) is 10.2. The minimum atomic E-state index is -0.483. The summed E-state index contributed by atoms with van der Waals surface area (Å²) in [5.74, 6) is -0.198. The molecule has 0 aliphatic rings. The predicted octanol–water partition coefficient (Wildman–Crippen LogP) is 3.13. The van der Waals surface area contributed by atoms with Gasteiger partial charge in [0.1, 0.15) is 11.5 Å². The van der Waals surface area contributed by atoms with Gasteiger partial charge in [0.2, 0.25) is 0 Å². The van der Waals surface area contributed by atoms with Gasteiger partial charge in [0.25, 0.3) is 5.91 Å². The van der Waals surface area contributed by atoms with Gasteiger partial charge in [0, 0.05) is 11.6 Å². The quantitative estimate of drug-likeness (QED) is 0.599. The summed E-state index contributed by atoms with van der Waals surface area (Å²) >= 11 is 5.65. The van der Waals surface area contributed by atoms with Crippen LogP contribution in [-0.4, -0.2) is 22.0 Å². The lowest BCUT2D eigenvalue weighted by atomic mass is 10.1. The Morgan fingerprint density at radius 1 is 1.10 bits per heavy atom. The molecule has 0 fully saturated rings. The van der Waals surface area contributed by atoms with Crippen LogP contribution in [0.15, 0.2) is 42.5 Å². The minimum Gasteiger partial charge on any atom is -0.508 e. The number of aryl methyl sites for hydroxylation is 1. The zero-order chi connectivity index (χ0) is 14.5. The van der Waals surface area contributed by atoms with Crippen LogP contribution in [0.3, 0.4) is 0 Å². The van der Waals surface area contributed by atoms with E-state index >= 15 is 0 Å². The number of phenolic OH excluding ortho intramolecular Hbond substituents is 2. The van der Waals surface area contributed by atoms with E-state index in [2.05, 4.69) is 5.32 Å². The van der Waals surface area contributed by atoms with Crippen LogP contribution in [0.1, 0.15) is 15.9 Å². The number of aromatic hydroxyl groups is 2. The molecule has 3 N–H and O–H groups in total. The number of anilines is 1. The van der Waals surface area contributed by atoms with Gasteiger partial charge in [0.05, 0.1) is 5.56 Å². The first-order valence-corrected chi connectivity index (χ1v) is 6.62. The van der Waals surface area contributed by atoms with Gasteiger partial charge in [-0.3, -0.25) is 4.79 Å². The molecule has 0 aromatic heterocycles. The lowest BCUT2D eigenvalue weighted by Crippen LogP contribution is -2.12. The van der Waals surface area contributed by atoms with Crippen LogP contribution in [0.2, 0.25) is 0 Å². The van der Waals surface area contributed by atoms with Gasteiger partial charge in [-0.2, -0.15) is 0 Å². The summed E-state index contributed by atoms with van der Waals surface area (Å²) in [7, 11) is 0. The molecule has 0 heterocycles. The molecule has 1 amide bonds. The summed E-state index contributed by atoms with van der Waals surface area (Å²) < 4.78 is 0. The lowest BCUT2D eigenvalue weighted by molar-refractivity contribution is 0.102. The Morgan fingerprint density at radius 3 is 2.45 bits per heavy atom. The monoisotopic (exact) mass is 291 g/mol. The minimum absolute atomic E-state index is 0.0230. The summed E-state index contributed by atoms with van der Waals surface area (Å²) in [5.41, 5.74) is 1.71. The second-order valence-corrected chi connectivity index (χ2v) is 4.67. The molecule has 0 spiro atoms. The van der Waals surface area contributed by atoms with Gasteiger partial charge < -0.3 is 15.5 Å². The summed E-state index contributed by atoms with van der Waals surface area (Å²) in [4.78, 5) is 12.0. The number of benzene rings is 2. The number of amides is 1. The van der Waals surface area contributed by atoms with Crippen LogP contribution in [-0.2, 0) is 6.42 Å². The van der Waals surface area contributed by atoms with Crippen LogP contribution in [0, 0.1) is 0 Å². The van der Waals surface area contributed by atoms with Crippen LogP contribution in [0.4, 0.5) is 5.69 Å². The van der Waals surface area contributed by atoms with E-state index in [1.165, 1.54) is 18.2 Å². The van der Waals surface area contributed by atoms with E-state index in [1.807, 2.05) is 12.1 Å². The number of halogens is 1. The van der Waals surface area contributed by atoms with Crippen molar-refractivity contribution < 1.29 is 15.0 Å². The Hall–Kier alpha value is -2.20. The standard InChI is InChI=1S/C15H14ClNO3/c16-8-7-10-1-3-11(4-2-10)17-15(20)13-9-12(18)5-6-14(13)19/h1-6,9,18-19H,7-8H2,(H,17,20). The highest BCUT2D eigenvalue weighted by Crippen LogP contribution is 2.23. The van der Waals surface area contributed by atoms with Crippen LogP contribution < -0.4 is 5.32 Å². The van der Waals surface area contributed by atoms with Crippen molar-refractivity contribution in [2.75, 3.05) is 11.2 Å². The summed E-state index contributed by atoms with van der Waals surface area (Å²) in [6.45, 7) is 0. The van der Waals surface area contributed by atoms with E-state index in [9.17, 15) is 15.0 Å². The number of rotatable bonds is 4. The first-order chi connectivity index (χ1) is 9.60. The maximum Gasteiger partial charge on any atom is 0.259 e. The van der Waals surface area contributed by atoms with E-state index in [4.69, 9.17) is 11.6 Å². The molecule has 20 heavy (non-hydrogen) atoms. The van der Waals surface area contributed by atoms with Crippen molar-refractivity contribution in [2.24, 2.45) is 0 Å². The third-order valence-electron chi connectivity index (χ3n) is 2.82. The molecule has 0 radical (unpaired) electrons. The van der Waals surface area contributed by atoms with E-state index in [-0.39, 0.29) is 17.1 Å². The highest BCUT2D eigenvalue weighted by molar-refractivity contribution is 6.18. The zero-order valence-corrected chi connectivity index (χ0v) is 11.4. The van der Waals surface area contributed by atoms with E-state index < -0.39 is 5.91 Å². The fraction of sp³-hybridized carbons (Fsp3) is 0.133. The fourth-order valence-electron chi connectivity index (χ4n) is 1.77. The average Bonchev–Trinajstić information content (AvgIpc) is 2.44. The first kappa shape index (κ1) is 14.2. The Morgan fingerprint density at radius 2 is 1.80 bits per heavy atom. The first-order valence-electron chi connectivity index (χ1n) is 6.08. The molecule has 104 valence electrons. The van der Waals surface area contributed by atoms with Crippen molar-refractivity contribution in [2.45, 2.75) is 6.42 Å². The third-order valence-corrected chi connectivity index (χ3v) is 3.01. The Bertz CT molecular complexity index is 611. The van der Waals surface area contributed by atoms with Crippen molar-refractivity contribution in [3.8, 4) is 11.5 Å². The smallest absolute Gasteiger partial charge is 0.259 e. The fourth-order valence-corrected chi connectivity index (χ4v) is 1.99. The Labute approximate surface area is 121 Å². The second-order valence-electron chi connectivity index (χ2n) is 4.29. The molecule has 2 aromatic rings. The van der Waals surface area contributed by atoms with Gasteiger partial charge in [-0.1, -0.05) is 12.1 Å². The number of hydrogen-bond acceptors (Lipinski definition) is 3. The van der Waals surface area contributed by atoms with Gasteiger partial charge in [-0.15, -0.1) is 11.6 Å². The number of carbonyl (C=O) groups excluding carboxylic acids is 1. The number of phenols is 2. The molecule has 5 heteroatoms. The second kappa shape index (κ2) is 6.30. The Kier molecular flexibility index (Phi) is 4.48. The van der Waals surface area contributed by atoms with Gasteiger partial charge in [0.15, 0.2) is 0 Å². The molecule has 0 aliphatic heterocycles. The molecule has 2 aromatic carbocycles. The molecule has 2 rings (SSSR count). The highest BCUT2D eigenvalue weighted by atomic mass is 35.5. The molecule has 0 bridgehead atoms. The third kappa shape index (κ3) is 3.42. The maximum absolute atomic E-state index is 12.0. The summed E-state index contributed by atoms with van der Waals surface area (Å²) in [5, 5.41) is 21.6. The number of carbonyl (C=O) groups is 1. The van der Waals surface area contributed by atoms with Crippen LogP contribution in [0.25, 0.3) is 0 Å². The summed E-state index contributed by atoms with van der Waals surface area (Å²) in [6, 6.07) is 11.1. The molecule has 0 saturated heterocycles. The predicted molar refractivity (Wildman–Crippen MR) is 78.6 cm³/mol. The highest BCUT2D eigenvalue weighted by Gasteiger charge is 2.12. The van der Waals surface area contributed by atoms with Crippen molar-refractivity contribution >= 4 is 23.2 Å². The van der Waals surface area contributed by atoms with Crippen molar-refractivity contribution in [1.82, 2.24) is 0 Å². The van der Waals surface area contributed by atoms with Gasteiger partial charge in [-0.25, -0.2) is 0 Å². The van der Waals surface area contributed by atoms with Crippen LogP contribution >= 0.6 is 11.6 Å². The van der Waals surface area contributed by atoms with Gasteiger partial charge in [-0.05, 0) is 42.3 Å². The average molecular weight is 292 g/mol. The molecule has 4 nitrogen and oxygen atoms in total. The Balaban J connectivity index is 2.13. The van der Waals surface area contributed by atoms with Crippen LogP contribution in [0.5, 0.6) is 11.5 Å². The lowest BCUT2D eigenvalue weighted by Gasteiger charge is -2.08. The molecule has 0 unspecified atom stereocenters. The van der Waals surface area contributed by atoms with Crippen molar-refractivity contribution in [3.63, 3.8) is 0 Å². The number of alkyl halides is 1. The molecule has 0 atom stereocenters. The molecule has 0 saturated carbocycles. The number of hydrogen-bond donors (Lipinski definition) is 3. The van der Waals surface area contributed by atoms with E-state index in [0.717, 1.165) is 12.0 Å². The van der Waals surface area contributed by atoms with Crippen molar-refractivity contribution in [1.29, 1.82) is 0 Å². The van der Waals surface area contributed by atoms with Gasteiger partial charge >= 0.3 is 0 Å². The van der Waals surface area contributed by atoms with E-state index in [0.29, 0.717) is 11.6 Å². The summed E-state index contributed by atoms with van der Waals surface area (Å²) in [6.07, 6.45) is 0.767. The molecule has 0 aliphatic carbocycles. The van der Waals surface area contributed by atoms with Crippen molar-refractivity contribution in [3.05, 3.63) is 53.6 Å². The topological polar surface area (TPSA) is 69.6 Å². The molecular formula is C15H14ClNO3. The zero-order valence-electron chi connectivity index (χ0n) is 10.6. The SMILES string of the molecule is O=C(Nc1ccc(CCCl)cc1)c1cc(O)ccc1O. The largest absolute Gasteiger partial charge is 0.508 e. The van der Waals surface area contributed by atoms with E-state index in [1.54, 1.807) is 12.1 Å².